The predicted octanol–water partition coefficient (Wildman–Crippen LogP) is 2.48. The van der Waals surface area contributed by atoms with Gasteiger partial charge in [-0.1, -0.05) is 11.6 Å². The van der Waals surface area contributed by atoms with E-state index in [9.17, 15) is 18.5 Å². The fourth-order valence-corrected chi connectivity index (χ4v) is 1.78. The summed E-state index contributed by atoms with van der Waals surface area (Å²) in [6, 6.07) is 3.98. The first-order chi connectivity index (χ1) is 8.54. The molecule has 0 bridgehead atoms. The number of rotatable bonds is 5. The van der Waals surface area contributed by atoms with Crippen molar-refractivity contribution < 1.29 is 13.3 Å². The van der Waals surface area contributed by atoms with E-state index in [1.807, 2.05) is 0 Å². The molecular formula is C11H15ClN2O4S. The lowest BCUT2D eigenvalue weighted by Gasteiger charge is -2.23. The molecule has 0 spiro atoms. The van der Waals surface area contributed by atoms with Crippen LogP contribution < -0.4 is 5.32 Å². The molecule has 0 heterocycles. The minimum atomic E-state index is -3.22. The maximum atomic E-state index is 11.5. The van der Waals surface area contributed by atoms with E-state index >= 15 is 0 Å². The van der Waals surface area contributed by atoms with Crippen LogP contribution in [0.4, 0.5) is 11.4 Å². The highest BCUT2D eigenvalue weighted by atomic mass is 35.5. The lowest BCUT2D eigenvalue weighted by Crippen LogP contribution is -2.38. The molecule has 1 N–H and O–H groups in total. The van der Waals surface area contributed by atoms with Crippen LogP contribution in [0, 0.1) is 10.1 Å². The van der Waals surface area contributed by atoms with E-state index in [2.05, 4.69) is 5.32 Å². The number of nitro benzene ring substituents is 1. The van der Waals surface area contributed by atoms with E-state index in [0.29, 0.717) is 5.69 Å². The summed E-state index contributed by atoms with van der Waals surface area (Å²) in [4.78, 5) is 10.0. The smallest absolute Gasteiger partial charge is 0.271 e. The Morgan fingerprint density at radius 2 is 2.00 bits per heavy atom. The fourth-order valence-electron chi connectivity index (χ4n) is 1.20. The van der Waals surface area contributed by atoms with E-state index in [1.165, 1.54) is 18.2 Å². The van der Waals surface area contributed by atoms with E-state index in [4.69, 9.17) is 11.6 Å². The largest absolute Gasteiger partial charge is 0.382 e. The molecule has 106 valence electrons. The molecule has 0 aliphatic carbocycles. The quantitative estimate of drug-likeness (QED) is 0.667. The monoisotopic (exact) mass is 306 g/mol. The molecule has 1 aromatic carbocycles. The van der Waals surface area contributed by atoms with Gasteiger partial charge < -0.3 is 5.32 Å². The summed E-state index contributed by atoms with van der Waals surface area (Å²) in [5.74, 6) is 0. The third kappa shape index (κ3) is 3.81. The molecule has 8 heteroatoms. The normalized spacial score (nSPS) is 12.2. The maximum absolute atomic E-state index is 11.5. The number of sulfone groups is 1. The van der Waals surface area contributed by atoms with Crippen molar-refractivity contribution in [3.05, 3.63) is 33.3 Å². The number of nitrogens with one attached hydrogen (secondary N) is 1. The van der Waals surface area contributed by atoms with Gasteiger partial charge in [-0.2, -0.15) is 0 Å². The molecule has 0 aromatic heterocycles. The lowest BCUT2D eigenvalue weighted by molar-refractivity contribution is -0.384. The van der Waals surface area contributed by atoms with Crippen molar-refractivity contribution in [3.8, 4) is 0 Å². The van der Waals surface area contributed by atoms with Crippen molar-refractivity contribution in [1.82, 2.24) is 0 Å². The Hall–Kier alpha value is -1.34. The van der Waals surface area contributed by atoms with Gasteiger partial charge >= 0.3 is 0 Å². The molecule has 0 aliphatic rings. The van der Waals surface area contributed by atoms with Gasteiger partial charge in [0.15, 0.2) is 9.84 Å². The standard InChI is InChI=1S/C11H15ClN2O4S/c1-11(2,19(3,17)18)7-13-10-5-4-8(14(15)16)6-9(10)12/h4-6,13H,7H2,1-3H3. The zero-order valence-corrected chi connectivity index (χ0v) is 12.4. The van der Waals surface area contributed by atoms with Crippen molar-refractivity contribution in [1.29, 1.82) is 0 Å². The number of nitrogens with zero attached hydrogens (tertiary/aromatic N) is 1. The van der Waals surface area contributed by atoms with Crippen molar-refractivity contribution in [2.24, 2.45) is 0 Å². The van der Waals surface area contributed by atoms with Crippen LogP contribution >= 0.6 is 11.6 Å². The lowest BCUT2D eigenvalue weighted by atomic mass is 10.2. The average molecular weight is 307 g/mol. The van der Waals surface area contributed by atoms with Crippen LogP contribution in [0.25, 0.3) is 0 Å². The summed E-state index contributed by atoms with van der Waals surface area (Å²) in [6.45, 7) is 3.34. The minimum absolute atomic E-state index is 0.113. The summed E-state index contributed by atoms with van der Waals surface area (Å²) < 4.78 is 22.1. The summed E-state index contributed by atoms with van der Waals surface area (Å²) >= 11 is 5.90. The number of anilines is 1. The van der Waals surface area contributed by atoms with Crippen molar-refractivity contribution in [2.45, 2.75) is 18.6 Å². The molecule has 19 heavy (non-hydrogen) atoms. The summed E-state index contributed by atoms with van der Waals surface area (Å²) in [5, 5.41) is 13.6. The second kappa shape index (κ2) is 5.34. The molecule has 0 saturated carbocycles. The maximum Gasteiger partial charge on any atom is 0.271 e. The van der Waals surface area contributed by atoms with Gasteiger partial charge in [-0.25, -0.2) is 8.42 Å². The van der Waals surface area contributed by atoms with E-state index in [1.54, 1.807) is 13.8 Å². The zero-order chi connectivity index (χ0) is 14.8. The van der Waals surface area contributed by atoms with Crippen LogP contribution in [0.1, 0.15) is 13.8 Å². The summed E-state index contributed by atoms with van der Waals surface area (Å²) in [6.07, 6.45) is 1.16. The second-order valence-electron chi connectivity index (χ2n) is 4.81. The molecule has 0 saturated heterocycles. The van der Waals surface area contributed by atoms with Gasteiger partial charge in [-0.15, -0.1) is 0 Å². The van der Waals surface area contributed by atoms with E-state index in [-0.39, 0.29) is 17.3 Å². The van der Waals surface area contributed by atoms with Gasteiger partial charge in [0.2, 0.25) is 0 Å². The Morgan fingerprint density at radius 1 is 1.42 bits per heavy atom. The number of hydrogen-bond donors (Lipinski definition) is 1. The molecule has 0 amide bonds. The van der Waals surface area contributed by atoms with Gasteiger partial charge in [0, 0.05) is 24.9 Å². The first kappa shape index (κ1) is 15.7. The summed E-state index contributed by atoms with van der Waals surface area (Å²) in [5.41, 5.74) is 0.349. The van der Waals surface area contributed by atoms with Crippen molar-refractivity contribution >= 4 is 32.8 Å². The predicted molar refractivity (Wildman–Crippen MR) is 75.5 cm³/mol. The Balaban J connectivity index is 2.88. The molecule has 0 aliphatic heterocycles. The van der Waals surface area contributed by atoms with E-state index in [0.717, 1.165) is 6.26 Å². The highest BCUT2D eigenvalue weighted by Gasteiger charge is 2.30. The van der Waals surface area contributed by atoms with Crippen molar-refractivity contribution in [2.75, 3.05) is 18.1 Å². The molecule has 1 aromatic rings. The second-order valence-corrected chi connectivity index (χ2v) is 7.86. The van der Waals surface area contributed by atoms with Crippen LogP contribution in [0.15, 0.2) is 18.2 Å². The highest BCUT2D eigenvalue weighted by molar-refractivity contribution is 7.92. The number of benzene rings is 1. The molecule has 0 atom stereocenters. The Bertz CT molecular complexity index is 599. The third-order valence-electron chi connectivity index (χ3n) is 2.87. The highest BCUT2D eigenvalue weighted by Crippen LogP contribution is 2.27. The summed E-state index contributed by atoms with van der Waals surface area (Å²) in [7, 11) is -3.22. The Labute approximate surface area is 116 Å². The third-order valence-corrected chi connectivity index (χ3v) is 5.34. The van der Waals surface area contributed by atoms with Crippen LogP contribution in [0.3, 0.4) is 0 Å². The number of hydrogen-bond acceptors (Lipinski definition) is 5. The van der Waals surface area contributed by atoms with Crippen molar-refractivity contribution in [3.63, 3.8) is 0 Å². The number of halogens is 1. The fraction of sp³-hybridized carbons (Fsp3) is 0.455. The molecular weight excluding hydrogens is 292 g/mol. The van der Waals surface area contributed by atoms with Crippen LogP contribution in [-0.2, 0) is 9.84 Å². The van der Waals surface area contributed by atoms with Gasteiger partial charge in [-0.05, 0) is 19.9 Å². The molecule has 0 unspecified atom stereocenters. The van der Waals surface area contributed by atoms with Gasteiger partial charge in [0.1, 0.15) is 0 Å². The molecule has 1 rings (SSSR count). The Kier molecular flexibility index (Phi) is 4.42. The van der Waals surface area contributed by atoms with Gasteiger partial charge in [-0.3, -0.25) is 10.1 Å². The van der Waals surface area contributed by atoms with Crippen LogP contribution in [0.5, 0.6) is 0 Å². The Morgan fingerprint density at radius 3 is 2.42 bits per heavy atom. The minimum Gasteiger partial charge on any atom is -0.382 e. The van der Waals surface area contributed by atoms with Crippen LogP contribution in [0.2, 0.25) is 5.02 Å². The molecule has 0 radical (unpaired) electrons. The van der Waals surface area contributed by atoms with Gasteiger partial charge in [0.25, 0.3) is 5.69 Å². The first-order valence-corrected chi connectivity index (χ1v) is 7.69. The molecule has 6 nitrogen and oxygen atoms in total. The first-order valence-electron chi connectivity index (χ1n) is 5.42. The van der Waals surface area contributed by atoms with Crippen LogP contribution in [-0.4, -0.2) is 30.9 Å². The zero-order valence-electron chi connectivity index (χ0n) is 10.8. The van der Waals surface area contributed by atoms with E-state index < -0.39 is 19.5 Å². The molecule has 0 fully saturated rings. The number of non-ortho nitro benzene ring substituents is 1. The number of nitro groups is 1. The SMILES string of the molecule is CC(C)(CNc1ccc([N+](=O)[O-])cc1Cl)S(C)(=O)=O. The van der Waals surface area contributed by atoms with Gasteiger partial charge in [0.05, 0.1) is 20.4 Å². The average Bonchev–Trinajstić information content (AvgIpc) is 2.25. The topological polar surface area (TPSA) is 89.3 Å².